The lowest BCUT2D eigenvalue weighted by Crippen LogP contribution is -2.54. The van der Waals surface area contributed by atoms with Crippen LogP contribution in [0.15, 0.2) is 30.3 Å². The molecule has 7 nitrogen and oxygen atoms in total. The van der Waals surface area contributed by atoms with Crippen LogP contribution in [-0.4, -0.2) is 51.4 Å². The van der Waals surface area contributed by atoms with Crippen molar-refractivity contribution in [1.29, 1.82) is 0 Å². The van der Waals surface area contributed by atoms with E-state index in [2.05, 4.69) is 14.7 Å². The lowest BCUT2D eigenvalue weighted by molar-refractivity contribution is -0.155. The predicted molar refractivity (Wildman–Crippen MR) is 97.7 cm³/mol. The summed E-state index contributed by atoms with van der Waals surface area (Å²) in [5, 5.41) is 2.91. The fraction of sp³-hybridized carbons (Fsp3) is 0.444. The van der Waals surface area contributed by atoms with Gasteiger partial charge in [-0.25, -0.2) is 0 Å². The van der Waals surface area contributed by atoms with Crippen molar-refractivity contribution in [3.8, 4) is 11.4 Å². The quantitative estimate of drug-likeness (QED) is 0.818. The van der Waals surface area contributed by atoms with Gasteiger partial charge in [-0.2, -0.15) is 9.36 Å². The van der Waals surface area contributed by atoms with Gasteiger partial charge in [-0.15, -0.1) is 0 Å². The molecule has 1 N–H and O–H groups in total. The molecule has 1 aliphatic heterocycles. The number of carbonyl (C=O) groups is 2. The summed E-state index contributed by atoms with van der Waals surface area (Å²) < 4.78 is 10.2. The van der Waals surface area contributed by atoms with Crippen LogP contribution in [0.1, 0.15) is 25.7 Å². The van der Waals surface area contributed by atoms with E-state index < -0.39 is 11.8 Å². The zero-order chi connectivity index (χ0) is 18.0. The summed E-state index contributed by atoms with van der Waals surface area (Å²) in [6, 6.07) is 9.50. The Morgan fingerprint density at radius 2 is 1.96 bits per heavy atom. The third-order valence-electron chi connectivity index (χ3n) is 4.92. The Balaban J connectivity index is 1.40. The van der Waals surface area contributed by atoms with Crippen LogP contribution in [0.2, 0.25) is 0 Å². The van der Waals surface area contributed by atoms with Gasteiger partial charge in [0.2, 0.25) is 5.13 Å². The summed E-state index contributed by atoms with van der Waals surface area (Å²) in [5.74, 6) is -0.665. The summed E-state index contributed by atoms with van der Waals surface area (Å²) in [4.78, 5) is 30.8. The number of nitrogens with zero attached hydrogens (tertiary/aromatic N) is 3. The van der Waals surface area contributed by atoms with E-state index in [1.165, 1.54) is 0 Å². The van der Waals surface area contributed by atoms with E-state index in [0.717, 1.165) is 42.8 Å². The van der Waals surface area contributed by atoms with E-state index in [1.807, 2.05) is 30.3 Å². The minimum atomic E-state index is -0.671. The number of carbonyl (C=O) groups excluding carboxylic acids is 2. The molecule has 0 bridgehead atoms. The second-order valence-corrected chi connectivity index (χ2v) is 7.46. The number of hydrogen-bond donors (Lipinski definition) is 1. The van der Waals surface area contributed by atoms with E-state index >= 15 is 0 Å². The van der Waals surface area contributed by atoms with Gasteiger partial charge in [-0.05, 0) is 12.8 Å². The minimum Gasteiger partial charge on any atom is -0.371 e. The molecule has 26 heavy (non-hydrogen) atoms. The molecule has 136 valence electrons. The molecule has 2 aromatic rings. The summed E-state index contributed by atoms with van der Waals surface area (Å²) in [5.41, 5.74) is 0.615. The zero-order valence-electron chi connectivity index (χ0n) is 14.3. The Morgan fingerprint density at radius 1 is 1.19 bits per heavy atom. The molecule has 1 aliphatic carbocycles. The number of nitrogens with one attached hydrogen (secondary N) is 1. The maximum atomic E-state index is 12.5. The SMILES string of the molecule is O=C(Nc1nc(-c2ccccc2)ns1)C(=O)N1CCOC2(CCCC2)C1. The number of amides is 2. The van der Waals surface area contributed by atoms with E-state index in [-0.39, 0.29) is 5.60 Å². The number of morpholine rings is 1. The number of benzene rings is 1. The first-order valence-electron chi connectivity index (χ1n) is 8.79. The summed E-state index contributed by atoms with van der Waals surface area (Å²) in [6.07, 6.45) is 4.13. The van der Waals surface area contributed by atoms with Crippen LogP contribution in [0.5, 0.6) is 0 Å². The van der Waals surface area contributed by atoms with Crippen LogP contribution < -0.4 is 5.32 Å². The molecule has 2 aliphatic rings. The van der Waals surface area contributed by atoms with Crippen LogP contribution in [0.3, 0.4) is 0 Å². The average molecular weight is 372 g/mol. The van der Waals surface area contributed by atoms with Crippen molar-refractivity contribution in [2.24, 2.45) is 0 Å². The van der Waals surface area contributed by atoms with Gasteiger partial charge in [0.05, 0.1) is 18.8 Å². The van der Waals surface area contributed by atoms with Gasteiger partial charge < -0.3 is 9.64 Å². The van der Waals surface area contributed by atoms with Gasteiger partial charge in [0, 0.05) is 23.6 Å². The highest BCUT2D eigenvalue weighted by atomic mass is 32.1. The van der Waals surface area contributed by atoms with Gasteiger partial charge in [0.1, 0.15) is 0 Å². The monoisotopic (exact) mass is 372 g/mol. The maximum absolute atomic E-state index is 12.5. The normalized spacial score (nSPS) is 18.8. The van der Waals surface area contributed by atoms with Gasteiger partial charge in [0.25, 0.3) is 0 Å². The minimum absolute atomic E-state index is 0.253. The molecule has 2 amide bonds. The standard InChI is InChI=1S/C18H20N4O3S/c23-15(16(24)22-10-11-25-18(12-22)8-4-5-9-18)20-17-19-14(21-26-17)13-6-2-1-3-7-13/h1-3,6-7H,4-5,8-12H2,(H,19,20,21,23). The summed E-state index contributed by atoms with van der Waals surface area (Å²) in [6.45, 7) is 1.42. The van der Waals surface area contributed by atoms with Crippen LogP contribution in [0.4, 0.5) is 5.13 Å². The molecular formula is C18H20N4O3S. The van der Waals surface area contributed by atoms with E-state index in [1.54, 1.807) is 4.90 Å². The Hall–Kier alpha value is -2.32. The molecule has 2 heterocycles. The highest BCUT2D eigenvalue weighted by Crippen LogP contribution is 2.35. The second-order valence-electron chi connectivity index (χ2n) is 6.71. The van der Waals surface area contributed by atoms with Crippen molar-refractivity contribution in [3.05, 3.63) is 30.3 Å². The van der Waals surface area contributed by atoms with Crippen molar-refractivity contribution < 1.29 is 14.3 Å². The number of anilines is 1. The average Bonchev–Trinajstić information content (AvgIpc) is 3.32. The number of aromatic nitrogens is 2. The first-order valence-corrected chi connectivity index (χ1v) is 9.56. The molecule has 1 saturated heterocycles. The molecule has 2 fully saturated rings. The van der Waals surface area contributed by atoms with E-state index in [9.17, 15) is 9.59 Å². The molecule has 8 heteroatoms. The Bertz CT molecular complexity index is 802. The molecular weight excluding hydrogens is 352 g/mol. The third kappa shape index (κ3) is 3.47. The molecule has 0 atom stereocenters. The highest BCUT2D eigenvalue weighted by molar-refractivity contribution is 7.10. The van der Waals surface area contributed by atoms with Crippen LogP contribution in [0.25, 0.3) is 11.4 Å². The summed E-state index contributed by atoms with van der Waals surface area (Å²) in [7, 11) is 0. The molecule has 4 rings (SSSR count). The first kappa shape index (κ1) is 17.1. The predicted octanol–water partition coefficient (Wildman–Crippen LogP) is 2.32. The molecule has 0 unspecified atom stereocenters. The second kappa shape index (κ2) is 7.13. The van der Waals surface area contributed by atoms with Crippen LogP contribution in [-0.2, 0) is 14.3 Å². The largest absolute Gasteiger partial charge is 0.371 e. The molecule has 1 spiro atoms. The zero-order valence-corrected chi connectivity index (χ0v) is 15.1. The Morgan fingerprint density at radius 3 is 2.73 bits per heavy atom. The fourth-order valence-electron chi connectivity index (χ4n) is 3.61. The lowest BCUT2D eigenvalue weighted by atomic mass is 9.99. The van der Waals surface area contributed by atoms with Gasteiger partial charge in [0.15, 0.2) is 5.82 Å². The summed E-state index contributed by atoms with van der Waals surface area (Å²) >= 11 is 1.07. The van der Waals surface area contributed by atoms with Crippen molar-refractivity contribution >= 4 is 28.5 Å². The lowest BCUT2D eigenvalue weighted by Gasteiger charge is -2.40. The maximum Gasteiger partial charge on any atom is 0.315 e. The van der Waals surface area contributed by atoms with Crippen LogP contribution in [0, 0.1) is 0 Å². The van der Waals surface area contributed by atoms with Gasteiger partial charge in [-0.3, -0.25) is 14.9 Å². The smallest absolute Gasteiger partial charge is 0.315 e. The van der Waals surface area contributed by atoms with Gasteiger partial charge in [-0.1, -0.05) is 43.2 Å². The number of ether oxygens (including phenoxy) is 1. The Labute approximate surface area is 155 Å². The van der Waals surface area contributed by atoms with Crippen molar-refractivity contribution in [2.75, 3.05) is 25.0 Å². The number of rotatable bonds is 2. The van der Waals surface area contributed by atoms with Crippen molar-refractivity contribution in [1.82, 2.24) is 14.3 Å². The van der Waals surface area contributed by atoms with E-state index in [0.29, 0.717) is 30.7 Å². The Kier molecular flexibility index (Phi) is 4.69. The third-order valence-corrected chi connectivity index (χ3v) is 5.55. The highest BCUT2D eigenvalue weighted by Gasteiger charge is 2.41. The first-order chi connectivity index (χ1) is 12.7. The topological polar surface area (TPSA) is 84.4 Å². The van der Waals surface area contributed by atoms with E-state index in [4.69, 9.17) is 4.74 Å². The van der Waals surface area contributed by atoms with Crippen molar-refractivity contribution in [2.45, 2.75) is 31.3 Å². The molecule has 0 radical (unpaired) electrons. The number of hydrogen-bond acceptors (Lipinski definition) is 6. The van der Waals surface area contributed by atoms with Crippen molar-refractivity contribution in [3.63, 3.8) is 0 Å². The van der Waals surface area contributed by atoms with Crippen LogP contribution >= 0.6 is 11.5 Å². The molecule has 1 aromatic heterocycles. The molecule has 1 saturated carbocycles. The fourth-order valence-corrected chi connectivity index (χ4v) is 4.20. The molecule has 1 aromatic carbocycles. The van der Waals surface area contributed by atoms with Gasteiger partial charge >= 0.3 is 11.8 Å².